The molecule has 0 atom stereocenters. The van der Waals surface area contributed by atoms with Crippen molar-refractivity contribution in [2.24, 2.45) is 0 Å². The molecule has 116 valence electrons. The van der Waals surface area contributed by atoms with Crippen LogP contribution in [0.4, 0.5) is 0 Å². The molecule has 0 aliphatic rings. The van der Waals surface area contributed by atoms with Gasteiger partial charge in [-0.2, -0.15) is 0 Å². The quantitative estimate of drug-likeness (QED) is 0.799. The van der Waals surface area contributed by atoms with Crippen LogP contribution in [0.1, 0.15) is 23.1 Å². The van der Waals surface area contributed by atoms with Gasteiger partial charge in [-0.1, -0.05) is 47.5 Å². The summed E-state index contributed by atoms with van der Waals surface area (Å²) in [5.74, 6) is -0.00501. The summed E-state index contributed by atoms with van der Waals surface area (Å²) in [5.41, 5.74) is 3.33. The van der Waals surface area contributed by atoms with E-state index in [1.54, 1.807) is 12.1 Å². The molecule has 0 aromatic heterocycles. The number of phenols is 1. The van der Waals surface area contributed by atoms with Crippen molar-refractivity contribution in [3.63, 3.8) is 0 Å². The molecule has 2 aromatic rings. The van der Waals surface area contributed by atoms with Gasteiger partial charge in [0.05, 0.1) is 11.4 Å². The lowest BCUT2D eigenvalue weighted by molar-refractivity contribution is -0.120. The molecule has 0 fully saturated rings. The van der Waals surface area contributed by atoms with Crippen molar-refractivity contribution in [1.82, 2.24) is 5.32 Å². The number of rotatable bonds is 6. The highest BCUT2D eigenvalue weighted by Crippen LogP contribution is 2.23. The van der Waals surface area contributed by atoms with Crippen molar-refractivity contribution in [3.8, 4) is 5.75 Å². The summed E-state index contributed by atoms with van der Waals surface area (Å²) in [6.45, 7) is 2.72. The van der Waals surface area contributed by atoms with E-state index < -0.39 is 0 Å². The molecule has 2 N–H and O–H groups in total. The van der Waals surface area contributed by atoms with Crippen LogP contribution < -0.4 is 5.32 Å². The van der Waals surface area contributed by atoms with E-state index in [0.717, 1.165) is 18.4 Å². The Kier molecular flexibility index (Phi) is 5.84. The molecule has 0 spiro atoms. The second-order valence-electron chi connectivity index (χ2n) is 5.40. The second kappa shape index (κ2) is 7.85. The van der Waals surface area contributed by atoms with Crippen molar-refractivity contribution < 1.29 is 9.90 Å². The smallest absolute Gasteiger partial charge is 0.224 e. The Morgan fingerprint density at radius 3 is 2.50 bits per heavy atom. The second-order valence-corrected chi connectivity index (χ2v) is 5.81. The largest absolute Gasteiger partial charge is 0.506 e. The first kappa shape index (κ1) is 16.4. The van der Waals surface area contributed by atoms with Crippen LogP contribution >= 0.6 is 11.6 Å². The molecule has 0 aliphatic heterocycles. The number of carbonyl (C=O) groups is 1. The maximum absolute atomic E-state index is 11.8. The molecule has 3 nitrogen and oxygen atoms in total. The average molecular weight is 318 g/mol. The Balaban J connectivity index is 1.71. The third-order valence-corrected chi connectivity index (χ3v) is 3.76. The molecule has 0 saturated heterocycles. The Hall–Kier alpha value is -2.00. The van der Waals surface area contributed by atoms with E-state index in [4.69, 9.17) is 11.6 Å². The van der Waals surface area contributed by atoms with E-state index in [-0.39, 0.29) is 23.1 Å². The third-order valence-electron chi connectivity index (χ3n) is 3.46. The first-order valence-corrected chi connectivity index (χ1v) is 7.72. The van der Waals surface area contributed by atoms with Crippen molar-refractivity contribution in [1.29, 1.82) is 0 Å². The van der Waals surface area contributed by atoms with E-state index in [1.807, 2.05) is 0 Å². The molecular weight excluding hydrogens is 298 g/mol. The summed E-state index contributed by atoms with van der Waals surface area (Å²) in [6, 6.07) is 13.3. The summed E-state index contributed by atoms with van der Waals surface area (Å²) in [5, 5.41) is 12.5. The zero-order chi connectivity index (χ0) is 15.9. The minimum Gasteiger partial charge on any atom is -0.506 e. The van der Waals surface area contributed by atoms with Gasteiger partial charge in [-0.05, 0) is 43.0 Å². The van der Waals surface area contributed by atoms with Gasteiger partial charge in [0.15, 0.2) is 0 Å². The molecular formula is C18H20ClNO2. The molecule has 22 heavy (non-hydrogen) atoms. The van der Waals surface area contributed by atoms with Crippen molar-refractivity contribution >= 4 is 17.5 Å². The number of benzene rings is 2. The van der Waals surface area contributed by atoms with Crippen LogP contribution in [0.3, 0.4) is 0 Å². The lowest BCUT2D eigenvalue weighted by atomic mass is 10.1. The van der Waals surface area contributed by atoms with Crippen LogP contribution in [0.2, 0.25) is 5.02 Å². The number of carbonyl (C=O) groups excluding carboxylic acids is 1. The highest BCUT2D eigenvalue weighted by molar-refractivity contribution is 6.32. The number of nitrogens with one attached hydrogen (secondary N) is 1. The first-order valence-electron chi connectivity index (χ1n) is 7.34. The monoisotopic (exact) mass is 317 g/mol. The lowest BCUT2D eigenvalue weighted by Crippen LogP contribution is -2.26. The van der Waals surface area contributed by atoms with Gasteiger partial charge in [0.2, 0.25) is 5.91 Å². The van der Waals surface area contributed by atoms with Crippen LogP contribution in [-0.4, -0.2) is 17.6 Å². The van der Waals surface area contributed by atoms with Crippen molar-refractivity contribution in [3.05, 3.63) is 64.2 Å². The number of halogens is 1. The lowest BCUT2D eigenvalue weighted by Gasteiger charge is -2.07. The van der Waals surface area contributed by atoms with Crippen molar-refractivity contribution in [2.75, 3.05) is 6.54 Å². The van der Waals surface area contributed by atoms with E-state index in [1.165, 1.54) is 17.2 Å². The molecule has 0 bridgehead atoms. The van der Waals surface area contributed by atoms with Gasteiger partial charge in [0.25, 0.3) is 0 Å². The summed E-state index contributed by atoms with van der Waals surface area (Å²) in [7, 11) is 0. The highest BCUT2D eigenvalue weighted by Gasteiger charge is 2.05. The van der Waals surface area contributed by atoms with Crippen LogP contribution in [-0.2, 0) is 17.6 Å². The minimum atomic E-state index is -0.0364. The summed E-state index contributed by atoms with van der Waals surface area (Å²) >= 11 is 5.82. The summed E-state index contributed by atoms with van der Waals surface area (Å²) < 4.78 is 0. The van der Waals surface area contributed by atoms with Gasteiger partial charge in [-0.3, -0.25) is 4.79 Å². The number of hydrogen-bond donors (Lipinski definition) is 2. The molecule has 1 amide bonds. The molecule has 0 unspecified atom stereocenters. The topological polar surface area (TPSA) is 49.3 Å². The third kappa shape index (κ3) is 5.08. The van der Waals surface area contributed by atoms with Gasteiger partial charge in [0.1, 0.15) is 5.75 Å². The van der Waals surface area contributed by atoms with Gasteiger partial charge in [0, 0.05) is 6.54 Å². The van der Waals surface area contributed by atoms with Crippen LogP contribution in [0.15, 0.2) is 42.5 Å². The maximum Gasteiger partial charge on any atom is 0.224 e. The Morgan fingerprint density at radius 1 is 1.14 bits per heavy atom. The first-order chi connectivity index (χ1) is 10.5. The highest BCUT2D eigenvalue weighted by atomic mass is 35.5. The predicted octanol–water partition coefficient (Wildman–Crippen LogP) is 3.65. The molecule has 0 aliphatic carbocycles. The Morgan fingerprint density at radius 2 is 1.82 bits per heavy atom. The molecule has 2 aromatic carbocycles. The average Bonchev–Trinajstić information content (AvgIpc) is 2.49. The number of amides is 1. The van der Waals surface area contributed by atoms with E-state index in [9.17, 15) is 9.90 Å². The van der Waals surface area contributed by atoms with E-state index in [0.29, 0.717) is 6.54 Å². The molecule has 2 rings (SSSR count). The fourth-order valence-electron chi connectivity index (χ4n) is 2.18. The number of aryl methyl sites for hydroxylation is 2. The summed E-state index contributed by atoms with van der Waals surface area (Å²) in [4.78, 5) is 11.8. The molecule has 4 heteroatoms. The summed E-state index contributed by atoms with van der Waals surface area (Å²) in [6.07, 6.45) is 2.13. The number of hydrogen-bond acceptors (Lipinski definition) is 2. The van der Waals surface area contributed by atoms with E-state index in [2.05, 4.69) is 36.5 Å². The van der Waals surface area contributed by atoms with Gasteiger partial charge < -0.3 is 10.4 Å². The zero-order valence-corrected chi connectivity index (χ0v) is 13.4. The molecule has 0 heterocycles. The standard InChI is InChI=1S/C18H20ClNO2/c1-13-4-6-14(7-5-13)3-2-10-20-18(22)12-15-8-9-17(21)16(19)11-15/h4-9,11,21H,2-3,10,12H2,1H3,(H,20,22). The van der Waals surface area contributed by atoms with E-state index >= 15 is 0 Å². The maximum atomic E-state index is 11.8. The Bertz CT molecular complexity index is 638. The van der Waals surface area contributed by atoms with Crippen LogP contribution in [0.5, 0.6) is 5.75 Å². The van der Waals surface area contributed by atoms with Crippen molar-refractivity contribution in [2.45, 2.75) is 26.2 Å². The molecule has 0 radical (unpaired) electrons. The fourth-order valence-corrected chi connectivity index (χ4v) is 2.39. The SMILES string of the molecule is Cc1ccc(CCCNC(=O)Cc2ccc(O)c(Cl)c2)cc1. The minimum absolute atomic E-state index is 0.0314. The van der Waals surface area contributed by atoms with Crippen LogP contribution in [0.25, 0.3) is 0 Å². The number of aromatic hydroxyl groups is 1. The predicted molar refractivity (Wildman–Crippen MR) is 89.3 cm³/mol. The normalized spacial score (nSPS) is 10.5. The fraction of sp³-hybridized carbons (Fsp3) is 0.278. The zero-order valence-electron chi connectivity index (χ0n) is 12.6. The van der Waals surface area contributed by atoms with Crippen LogP contribution in [0, 0.1) is 6.92 Å². The Labute approximate surface area is 135 Å². The number of phenolic OH excluding ortho intramolecular Hbond substituents is 1. The molecule has 0 saturated carbocycles. The van der Waals surface area contributed by atoms with Gasteiger partial charge in [-0.15, -0.1) is 0 Å². The van der Waals surface area contributed by atoms with Gasteiger partial charge >= 0.3 is 0 Å². The van der Waals surface area contributed by atoms with Gasteiger partial charge in [-0.25, -0.2) is 0 Å².